The average molecular weight is 358 g/mol. The zero-order valence-corrected chi connectivity index (χ0v) is 15.5. The summed E-state index contributed by atoms with van der Waals surface area (Å²) in [6.45, 7) is 6.24. The molecule has 27 heavy (non-hydrogen) atoms. The lowest BCUT2D eigenvalue weighted by Crippen LogP contribution is -2.21. The van der Waals surface area contributed by atoms with Crippen LogP contribution < -0.4 is 15.5 Å². The predicted octanol–water partition coefficient (Wildman–Crippen LogP) is 4.68. The highest BCUT2D eigenvalue weighted by molar-refractivity contribution is 5.65. The van der Waals surface area contributed by atoms with Crippen molar-refractivity contribution in [3.63, 3.8) is 0 Å². The van der Waals surface area contributed by atoms with E-state index in [0.29, 0.717) is 23.0 Å². The molecule has 0 spiro atoms. The zero-order chi connectivity index (χ0) is 19.1. The number of para-hydroxylation sites is 1. The Morgan fingerprint density at radius 3 is 2.41 bits per heavy atom. The number of hydrogen-bond acceptors (Lipinski definition) is 6. The number of hydrogen-bond donors (Lipinski definition) is 2. The fourth-order valence-electron chi connectivity index (χ4n) is 2.79. The summed E-state index contributed by atoms with van der Waals surface area (Å²) in [6, 6.07) is 19.5. The first-order valence-electron chi connectivity index (χ1n) is 8.94. The minimum atomic E-state index is 0.491. The molecule has 0 aliphatic heterocycles. The summed E-state index contributed by atoms with van der Waals surface area (Å²) >= 11 is 0. The van der Waals surface area contributed by atoms with Crippen LogP contribution in [0.4, 0.5) is 28.8 Å². The molecule has 0 saturated heterocycles. The Hall–Kier alpha value is -3.59. The van der Waals surface area contributed by atoms with Crippen LogP contribution in [0.25, 0.3) is 0 Å². The van der Waals surface area contributed by atoms with E-state index >= 15 is 0 Å². The number of benzene rings is 2. The van der Waals surface area contributed by atoms with Gasteiger partial charge in [-0.05, 0) is 56.3 Å². The lowest BCUT2D eigenvalue weighted by molar-refractivity contribution is 0.866. The van der Waals surface area contributed by atoms with E-state index in [1.165, 1.54) is 5.69 Å². The van der Waals surface area contributed by atoms with Crippen LogP contribution in [0.2, 0.25) is 0 Å². The molecule has 0 radical (unpaired) electrons. The third-order valence-electron chi connectivity index (χ3n) is 4.22. The summed E-state index contributed by atoms with van der Waals surface area (Å²) in [5.74, 6) is 1.11. The van der Waals surface area contributed by atoms with Crippen molar-refractivity contribution < 1.29 is 0 Å². The van der Waals surface area contributed by atoms with Crippen LogP contribution in [0.15, 0.2) is 60.8 Å². The van der Waals surface area contributed by atoms with Crippen molar-refractivity contribution in [2.24, 2.45) is 0 Å². The first kappa shape index (κ1) is 18.2. The molecule has 0 aliphatic carbocycles. The number of aromatic nitrogens is 2. The van der Waals surface area contributed by atoms with Gasteiger partial charge in [-0.2, -0.15) is 10.2 Å². The van der Waals surface area contributed by atoms with Crippen molar-refractivity contribution >= 4 is 28.8 Å². The SMILES string of the molecule is CCN(CC)c1ccc(Nc2nccc(Nc3ccccc3C#N)n2)cc1. The van der Waals surface area contributed by atoms with E-state index in [1.54, 1.807) is 18.3 Å². The lowest BCUT2D eigenvalue weighted by atomic mass is 10.2. The summed E-state index contributed by atoms with van der Waals surface area (Å²) < 4.78 is 0. The van der Waals surface area contributed by atoms with E-state index in [1.807, 2.05) is 30.3 Å². The molecule has 0 aliphatic rings. The fourth-order valence-corrected chi connectivity index (χ4v) is 2.79. The Labute approximate surface area is 159 Å². The molecule has 1 aromatic heterocycles. The normalized spacial score (nSPS) is 10.1. The van der Waals surface area contributed by atoms with E-state index in [2.05, 4.69) is 57.6 Å². The van der Waals surface area contributed by atoms with Crippen molar-refractivity contribution in [2.45, 2.75) is 13.8 Å². The summed E-state index contributed by atoms with van der Waals surface area (Å²) in [5, 5.41) is 15.6. The van der Waals surface area contributed by atoms with Crippen LogP contribution in [0.1, 0.15) is 19.4 Å². The maximum Gasteiger partial charge on any atom is 0.229 e. The van der Waals surface area contributed by atoms with Crippen molar-refractivity contribution in [1.29, 1.82) is 5.26 Å². The second-order valence-electron chi connectivity index (χ2n) is 5.89. The van der Waals surface area contributed by atoms with Crippen LogP contribution >= 0.6 is 0 Å². The van der Waals surface area contributed by atoms with Gasteiger partial charge in [0.05, 0.1) is 11.3 Å². The molecule has 0 atom stereocenters. The topological polar surface area (TPSA) is 76.9 Å². The van der Waals surface area contributed by atoms with Gasteiger partial charge >= 0.3 is 0 Å². The van der Waals surface area contributed by atoms with Gasteiger partial charge in [-0.15, -0.1) is 0 Å². The Morgan fingerprint density at radius 2 is 1.70 bits per heavy atom. The van der Waals surface area contributed by atoms with Crippen molar-refractivity contribution in [3.8, 4) is 6.07 Å². The Kier molecular flexibility index (Phi) is 5.85. The van der Waals surface area contributed by atoms with Gasteiger partial charge in [-0.1, -0.05) is 12.1 Å². The molecule has 6 nitrogen and oxygen atoms in total. The van der Waals surface area contributed by atoms with Gasteiger partial charge in [0.1, 0.15) is 11.9 Å². The van der Waals surface area contributed by atoms with Gasteiger partial charge in [-0.25, -0.2) is 4.98 Å². The molecular formula is C21H22N6. The van der Waals surface area contributed by atoms with Crippen molar-refractivity contribution in [3.05, 3.63) is 66.4 Å². The maximum atomic E-state index is 9.20. The molecule has 2 aromatic carbocycles. The molecule has 0 unspecified atom stereocenters. The van der Waals surface area contributed by atoms with E-state index in [0.717, 1.165) is 18.8 Å². The summed E-state index contributed by atoms with van der Waals surface area (Å²) in [4.78, 5) is 11.0. The number of nitrogens with one attached hydrogen (secondary N) is 2. The molecule has 6 heteroatoms. The first-order valence-corrected chi connectivity index (χ1v) is 8.94. The number of anilines is 5. The molecule has 0 fully saturated rings. The Balaban J connectivity index is 1.73. The van der Waals surface area contributed by atoms with E-state index < -0.39 is 0 Å². The molecule has 136 valence electrons. The minimum Gasteiger partial charge on any atom is -0.372 e. The minimum absolute atomic E-state index is 0.491. The molecular weight excluding hydrogens is 336 g/mol. The quantitative estimate of drug-likeness (QED) is 0.638. The summed E-state index contributed by atoms with van der Waals surface area (Å²) in [6.07, 6.45) is 1.68. The second-order valence-corrected chi connectivity index (χ2v) is 5.89. The monoisotopic (exact) mass is 358 g/mol. The van der Waals surface area contributed by atoms with Gasteiger partial charge in [0.15, 0.2) is 0 Å². The van der Waals surface area contributed by atoms with E-state index in [4.69, 9.17) is 0 Å². The highest BCUT2D eigenvalue weighted by atomic mass is 15.1. The van der Waals surface area contributed by atoms with E-state index in [-0.39, 0.29) is 0 Å². The van der Waals surface area contributed by atoms with Crippen LogP contribution in [-0.2, 0) is 0 Å². The highest BCUT2D eigenvalue weighted by Crippen LogP contribution is 2.22. The molecule has 0 amide bonds. The van der Waals surface area contributed by atoms with Crippen LogP contribution in [0.3, 0.4) is 0 Å². The van der Waals surface area contributed by atoms with E-state index in [9.17, 15) is 5.26 Å². The smallest absolute Gasteiger partial charge is 0.229 e. The van der Waals surface area contributed by atoms with Crippen LogP contribution in [0, 0.1) is 11.3 Å². The molecule has 3 rings (SSSR count). The second kappa shape index (κ2) is 8.68. The molecule has 3 aromatic rings. The maximum absolute atomic E-state index is 9.20. The van der Waals surface area contributed by atoms with Gasteiger partial charge in [-0.3, -0.25) is 0 Å². The first-order chi connectivity index (χ1) is 13.2. The van der Waals surface area contributed by atoms with Crippen LogP contribution in [0.5, 0.6) is 0 Å². The lowest BCUT2D eigenvalue weighted by Gasteiger charge is -2.21. The van der Waals surface area contributed by atoms with Gasteiger partial charge < -0.3 is 15.5 Å². The van der Waals surface area contributed by atoms with Gasteiger partial charge in [0.2, 0.25) is 5.95 Å². The standard InChI is InChI=1S/C21H22N6/c1-3-27(4-2)18-11-9-17(10-12-18)24-21-23-14-13-20(26-21)25-19-8-6-5-7-16(19)15-22/h5-14H,3-4H2,1-2H3,(H2,23,24,25,26). The van der Waals surface area contributed by atoms with Crippen molar-refractivity contribution in [1.82, 2.24) is 9.97 Å². The van der Waals surface area contributed by atoms with Gasteiger partial charge in [0.25, 0.3) is 0 Å². The van der Waals surface area contributed by atoms with Crippen molar-refractivity contribution in [2.75, 3.05) is 28.6 Å². The molecule has 2 N–H and O–H groups in total. The fraction of sp³-hybridized carbons (Fsp3) is 0.190. The number of nitriles is 1. The molecule has 1 heterocycles. The molecule has 0 bridgehead atoms. The Morgan fingerprint density at radius 1 is 0.963 bits per heavy atom. The number of rotatable bonds is 7. The molecule has 0 saturated carbocycles. The summed E-state index contributed by atoms with van der Waals surface area (Å²) in [5.41, 5.74) is 3.39. The largest absolute Gasteiger partial charge is 0.372 e. The van der Waals surface area contributed by atoms with Crippen LogP contribution in [-0.4, -0.2) is 23.1 Å². The predicted molar refractivity (Wildman–Crippen MR) is 110 cm³/mol. The third-order valence-corrected chi connectivity index (χ3v) is 4.22. The van der Waals surface area contributed by atoms with Gasteiger partial charge in [0, 0.05) is 30.7 Å². The third kappa shape index (κ3) is 4.53. The summed E-state index contributed by atoms with van der Waals surface area (Å²) in [7, 11) is 0. The zero-order valence-electron chi connectivity index (χ0n) is 15.5. The highest BCUT2D eigenvalue weighted by Gasteiger charge is 2.05. The number of nitrogens with zero attached hydrogens (tertiary/aromatic N) is 4. The average Bonchev–Trinajstić information content (AvgIpc) is 2.71. The Bertz CT molecular complexity index is 926.